The lowest BCUT2D eigenvalue weighted by Crippen LogP contribution is -2.19. The van der Waals surface area contributed by atoms with Crippen molar-refractivity contribution >= 4 is 17.4 Å². The van der Waals surface area contributed by atoms with Gasteiger partial charge in [0.2, 0.25) is 0 Å². The topological polar surface area (TPSA) is 59.0 Å². The number of rotatable bonds is 3. The number of benzene rings is 1. The second kappa shape index (κ2) is 4.37. The number of halogens is 1. The van der Waals surface area contributed by atoms with Crippen LogP contribution in [0.4, 0.5) is 0 Å². The Kier molecular flexibility index (Phi) is 2.92. The number of oxazole rings is 1. The van der Waals surface area contributed by atoms with Crippen molar-refractivity contribution in [2.24, 2.45) is 0 Å². The van der Waals surface area contributed by atoms with Gasteiger partial charge in [-0.15, -0.1) is 0 Å². The van der Waals surface area contributed by atoms with E-state index < -0.39 is 0 Å². The number of aromatic nitrogens is 1. The third-order valence-corrected chi connectivity index (χ3v) is 2.41. The van der Waals surface area contributed by atoms with E-state index in [2.05, 4.69) is 0 Å². The van der Waals surface area contributed by atoms with E-state index in [4.69, 9.17) is 21.4 Å². The molecular formula is C11H9ClN2O2. The number of nitrogens with zero attached hydrogens (tertiary/aromatic N) is 1. The molecule has 4 nitrogen and oxygen atoms in total. The third kappa shape index (κ3) is 2.23. The normalized spacial score (nSPS) is 10.3. The first-order valence-corrected chi connectivity index (χ1v) is 5.02. The van der Waals surface area contributed by atoms with Gasteiger partial charge in [-0.25, -0.2) is 0 Å². The maximum Gasteiger partial charge on any atom is 0.294 e. The van der Waals surface area contributed by atoms with E-state index in [1.54, 1.807) is 30.5 Å². The number of Topliss-reactive ketones (excluding diaryl/α,β-unsaturated/α-hetero) is 1. The summed E-state index contributed by atoms with van der Waals surface area (Å²) in [6.45, 7) is 0.0942. The van der Waals surface area contributed by atoms with Gasteiger partial charge in [0.1, 0.15) is 6.26 Å². The van der Waals surface area contributed by atoms with Crippen LogP contribution >= 0.6 is 11.6 Å². The van der Waals surface area contributed by atoms with Gasteiger partial charge in [-0.2, -0.15) is 0 Å². The van der Waals surface area contributed by atoms with Gasteiger partial charge in [-0.3, -0.25) is 14.8 Å². The highest BCUT2D eigenvalue weighted by Gasteiger charge is 2.07. The molecule has 82 valence electrons. The van der Waals surface area contributed by atoms with Gasteiger partial charge >= 0.3 is 0 Å². The molecule has 1 aromatic carbocycles. The van der Waals surface area contributed by atoms with Crippen molar-refractivity contribution in [3.63, 3.8) is 0 Å². The summed E-state index contributed by atoms with van der Waals surface area (Å²) in [4.78, 5) is 11.8. The van der Waals surface area contributed by atoms with Crippen molar-refractivity contribution in [3.8, 4) is 0 Å². The van der Waals surface area contributed by atoms with Crippen LogP contribution in [0.2, 0.25) is 5.02 Å². The fourth-order valence-electron chi connectivity index (χ4n) is 1.31. The van der Waals surface area contributed by atoms with E-state index in [9.17, 15) is 4.79 Å². The smallest absolute Gasteiger partial charge is 0.294 e. The monoisotopic (exact) mass is 236 g/mol. The molecule has 0 aliphatic heterocycles. The largest absolute Gasteiger partial charge is 0.432 e. The summed E-state index contributed by atoms with van der Waals surface area (Å²) in [5.41, 5.74) is 0.528. The first-order chi connectivity index (χ1) is 7.66. The molecule has 0 saturated carbocycles. The Hall–Kier alpha value is -1.81. The first kappa shape index (κ1) is 10.7. The molecule has 16 heavy (non-hydrogen) atoms. The number of hydrogen-bond donors (Lipinski definition) is 1. The zero-order valence-corrected chi connectivity index (χ0v) is 9.07. The van der Waals surface area contributed by atoms with Gasteiger partial charge < -0.3 is 4.42 Å². The van der Waals surface area contributed by atoms with Crippen molar-refractivity contribution < 1.29 is 9.21 Å². The lowest BCUT2D eigenvalue weighted by Gasteiger charge is -2.01. The van der Waals surface area contributed by atoms with Crippen LogP contribution < -0.4 is 5.68 Å². The molecule has 0 unspecified atom stereocenters. The molecule has 0 atom stereocenters. The number of hydrogen-bond acceptors (Lipinski definition) is 3. The number of carbonyl (C=O) groups is 1. The molecule has 0 saturated heterocycles. The summed E-state index contributed by atoms with van der Waals surface area (Å²) in [7, 11) is 0. The Morgan fingerprint density at radius 2 is 2.06 bits per heavy atom. The van der Waals surface area contributed by atoms with Crippen LogP contribution in [0.3, 0.4) is 0 Å². The minimum absolute atomic E-state index is 0.0395. The highest BCUT2D eigenvalue weighted by Crippen LogP contribution is 2.10. The van der Waals surface area contributed by atoms with E-state index in [1.807, 2.05) is 0 Å². The summed E-state index contributed by atoms with van der Waals surface area (Å²) >= 11 is 5.72. The van der Waals surface area contributed by atoms with Gasteiger partial charge in [0, 0.05) is 16.8 Å². The van der Waals surface area contributed by atoms with Crippen LogP contribution in [0, 0.1) is 5.41 Å². The maximum atomic E-state index is 11.8. The van der Waals surface area contributed by atoms with Gasteiger partial charge in [-0.05, 0) is 24.3 Å². The molecule has 2 rings (SSSR count). The van der Waals surface area contributed by atoms with E-state index in [0.29, 0.717) is 10.6 Å². The summed E-state index contributed by atoms with van der Waals surface area (Å²) in [5.74, 6) is -0.0865. The quantitative estimate of drug-likeness (QED) is 0.830. The molecule has 1 heterocycles. The molecule has 0 radical (unpaired) electrons. The molecule has 1 aromatic heterocycles. The van der Waals surface area contributed by atoms with Crippen LogP contribution in [0.25, 0.3) is 0 Å². The Labute approximate surface area is 96.6 Å². The summed E-state index contributed by atoms with van der Waals surface area (Å²) in [6, 6.07) is 6.65. The Morgan fingerprint density at radius 1 is 1.38 bits per heavy atom. The average Bonchev–Trinajstić information content (AvgIpc) is 2.65. The summed E-state index contributed by atoms with van der Waals surface area (Å²) in [6.07, 6.45) is 2.92. The standard InChI is InChI=1S/C11H9ClN2O2/c12-9-3-1-8(2-4-9)10(15)7-14-5-6-16-11(14)13/h1-6,13H,7H2. The average molecular weight is 237 g/mol. The van der Waals surface area contributed by atoms with Crippen molar-refractivity contribution in [1.29, 1.82) is 5.41 Å². The molecule has 0 aliphatic rings. The predicted molar refractivity (Wildman–Crippen MR) is 58.3 cm³/mol. The molecule has 0 amide bonds. The molecule has 2 aromatic rings. The van der Waals surface area contributed by atoms with Crippen LogP contribution in [-0.2, 0) is 6.54 Å². The summed E-state index contributed by atoms with van der Waals surface area (Å²) < 4.78 is 6.20. The van der Waals surface area contributed by atoms with Crippen LogP contribution in [-0.4, -0.2) is 10.4 Å². The lowest BCUT2D eigenvalue weighted by atomic mass is 10.1. The Morgan fingerprint density at radius 3 is 2.62 bits per heavy atom. The fraction of sp³-hybridized carbons (Fsp3) is 0.0909. The fourth-order valence-corrected chi connectivity index (χ4v) is 1.44. The van der Waals surface area contributed by atoms with Gasteiger partial charge in [0.15, 0.2) is 5.78 Å². The third-order valence-electron chi connectivity index (χ3n) is 2.16. The van der Waals surface area contributed by atoms with E-state index >= 15 is 0 Å². The predicted octanol–water partition coefficient (Wildman–Crippen LogP) is 2.10. The molecule has 5 heteroatoms. The van der Waals surface area contributed by atoms with E-state index in [-0.39, 0.29) is 18.0 Å². The SMILES string of the molecule is N=c1occn1CC(=O)c1ccc(Cl)cc1. The Bertz CT molecular complexity index is 554. The second-order valence-electron chi connectivity index (χ2n) is 3.27. The zero-order valence-electron chi connectivity index (χ0n) is 8.31. The van der Waals surface area contributed by atoms with E-state index in [0.717, 1.165) is 0 Å². The number of nitrogens with one attached hydrogen (secondary N) is 1. The maximum absolute atomic E-state index is 11.8. The van der Waals surface area contributed by atoms with Gasteiger partial charge in [-0.1, -0.05) is 11.6 Å². The molecule has 0 spiro atoms. The second-order valence-corrected chi connectivity index (χ2v) is 3.70. The minimum Gasteiger partial charge on any atom is -0.432 e. The molecule has 0 fully saturated rings. The molecule has 0 aliphatic carbocycles. The molecule has 0 bridgehead atoms. The summed E-state index contributed by atoms with van der Waals surface area (Å²) in [5, 5.41) is 7.96. The first-order valence-electron chi connectivity index (χ1n) is 4.64. The lowest BCUT2D eigenvalue weighted by molar-refractivity contribution is 0.0968. The highest BCUT2D eigenvalue weighted by atomic mass is 35.5. The van der Waals surface area contributed by atoms with Crippen LogP contribution in [0.5, 0.6) is 0 Å². The van der Waals surface area contributed by atoms with Gasteiger partial charge in [0.05, 0.1) is 6.54 Å². The number of ketones is 1. The van der Waals surface area contributed by atoms with Crippen molar-refractivity contribution in [3.05, 3.63) is 53.0 Å². The van der Waals surface area contributed by atoms with Crippen molar-refractivity contribution in [2.45, 2.75) is 6.54 Å². The van der Waals surface area contributed by atoms with Crippen LogP contribution in [0.15, 0.2) is 41.1 Å². The van der Waals surface area contributed by atoms with Crippen molar-refractivity contribution in [1.82, 2.24) is 4.57 Å². The van der Waals surface area contributed by atoms with Crippen molar-refractivity contribution in [2.75, 3.05) is 0 Å². The van der Waals surface area contributed by atoms with E-state index in [1.165, 1.54) is 10.8 Å². The molecule has 1 N–H and O–H groups in total. The van der Waals surface area contributed by atoms with Crippen LogP contribution in [0.1, 0.15) is 10.4 Å². The van der Waals surface area contributed by atoms with Gasteiger partial charge in [0.25, 0.3) is 5.68 Å². The number of carbonyl (C=O) groups excluding carboxylic acids is 1. The molecular weight excluding hydrogens is 228 g/mol. The minimum atomic E-state index is -0.0865. The Balaban J connectivity index is 2.18. The zero-order chi connectivity index (χ0) is 11.5. The highest BCUT2D eigenvalue weighted by molar-refractivity contribution is 6.30.